The van der Waals surface area contributed by atoms with Gasteiger partial charge < -0.3 is 24.4 Å². The Labute approximate surface area is 284 Å². The maximum atomic E-state index is 13.0. The molecule has 10 heteroatoms. The molecule has 9 nitrogen and oxygen atoms in total. The third kappa shape index (κ3) is 12.9. The lowest BCUT2D eigenvalue weighted by molar-refractivity contribution is -0.164. The fourth-order valence-electron chi connectivity index (χ4n) is 5.40. The number of rotatable bonds is 22. The lowest BCUT2D eigenvalue weighted by atomic mass is 9.96. The molecule has 2 aliphatic rings. The third-order valence-electron chi connectivity index (χ3n) is 7.91. The predicted molar refractivity (Wildman–Crippen MR) is 186 cm³/mol. The van der Waals surface area contributed by atoms with E-state index in [0.29, 0.717) is 18.6 Å². The summed E-state index contributed by atoms with van der Waals surface area (Å²) in [5, 5.41) is 2.37. The van der Waals surface area contributed by atoms with Crippen LogP contribution in [0.2, 0.25) is 0 Å². The molecule has 1 aromatic rings. The Kier molecular flexibility index (Phi) is 16.7. The summed E-state index contributed by atoms with van der Waals surface area (Å²) in [5.74, 6) is -0.914. The van der Waals surface area contributed by atoms with Crippen LogP contribution in [-0.4, -0.2) is 70.7 Å². The van der Waals surface area contributed by atoms with Crippen molar-refractivity contribution in [3.05, 3.63) is 66.8 Å². The van der Waals surface area contributed by atoms with Crippen LogP contribution in [0.3, 0.4) is 0 Å². The van der Waals surface area contributed by atoms with Crippen molar-refractivity contribution in [3.8, 4) is 5.75 Å². The first-order chi connectivity index (χ1) is 22.7. The Balaban J connectivity index is 1.22. The molecule has 0 spiro atoms. The van der Waals surface area contributed by atoms with Crippen molar-refractivity contribution in [2.75, 3.05) is 19.8 Å². The minimum atomic E-state index is -0.770. The predicted octanol–water partition coefficient (Wildman–Crippen LogP) is 6.68. The van der Waals surface area contributed by atoms with Gasteiger partial charge >= 0.3 is 11.9 Å². The van der Waals surface area contributed by atoms with Crippen LogP contribution in [-0.2, 0) is 28.7 Å². The number of fused-ring (bicyclic) bond motifs is 1. The number of esters is 2. The number of nitrogens with one attached hydrogen (secondary N) is 1. The number of unbranched alkanes of at least 4 members (excludes halogenated alkanes) is 5. The van der Waals surface area contributed by atoms with Crippen molar-refractivity contribution in [1.82, 2.24) is 10.2 Å². The highest BCUT2D eigenvalue weighted by Crippen LogP contribution is 2.51. The van der Waals surface area contributed by atoms with Crippen molar-refractivity contribution in [3.63, 3.8) is 0 Å². The number of allylic oxidation sites excluding steroid dienone is 6. The number of ether oxygens (including phenoxy) is 3. The Hall–Kier alpha value is -3.53. The number of amides is 2. The molecule has 2 fully saturated rings. The van der Waals surface area contributed by atoms with Gasteiger partial charge in [-0.15, -0.1) is 11.8 Å². The summed E-state index contributed by atoms with van der Waals surface area (Å²) in [5.41, 5.74) is 0. The SMILES string of the molecule is CCCCC/C=C\C/C=C\C/C=C\CCCCC(=O)OCCCOC(=O)C1N2C(=O)C(NC(=O)COc3ccccc3)C2SC1(C)C. The maximum Gasteiger partial charge on any atom is 0.330 e. The molecule has 1 N–H and O–H groups in total. The van der Waals surface area contributed by atoms with Crippen LogP contribution in [0, 0.1) is 0 Å². The van der Waals surface area contributed by atoms with Crippen LogP contribution in [0.1, 0.15) is 91.4 Å². The van der Waals surface area contributed by atoms with Crippen molar-refractivity contribution in [1.29, 1.82) is 0 Å². The summed E-state index contributed by atoms with van der Waals surface area (Å²) in [6.07, 6.45) is 23.4. The number of hydrogen-bond donors (Lipinski definition) is 1. The van der Waals surface area contributed by atoms with E-state index in [9.17, 15) is 19.2 Å². The van der Waals surface area contributed by atoms with Crippen LogP contribution < -0.4 is 10.1 Å². The van der Waals surface area contributed by atoms with E-state index < -0.39 is 28.7 Å². The number of carbonyl (C=O) groups excluding carboxylic acids is 4. The lowest BCUT2D eigenvalue weighted by Gasteiger charge is -2.43. The van der Waals surface area contributed by atoms with Crippen LogP contribution in [0.25, 0.3) is 0 Å². The molecule has 0 aromatic heterocycles. The smallest absolute Gasteiger partial charge is 0.330 e. The summed E-state index contributed by atoms with van der Waals surface area (Å²) in [4.78, 5) is 51.9. The Morgan fingerprint density at radius 1 is 0.872 bits per heavy atom. The van der Waals surface area contributed by atoms with Gasteiger partial charge in [0, 0.05) is 17.6 Å². The molecule has 2 aliphatic heterocycles. The van der Waals surface area contributed by atoms with Gasteiger partial charge in [0.25, 0.3) is 5.91 Å². The van der Waals surface area contributed by atoms with Crippen molar-refractivity contribution >= 4 is 35.5 Å². The van der Waals surface area contributed by atoms with E-state index in [0.717, 1.165) is 32.1 Å². The first-order valence-corrected chi connectivity index (χ1v) is 17.9. The number of carbonyl (C=O) groups is 4. The monoisotopic (exact) mass is 668 g/mol. The van der Waals surface area contributed by atoms with Crippen molar-refractivity contribution in [2.45, 2.75) is 114 Å². The number of benzene rings is 1. The van der Waals surface area contributed by atoms with Gasteiger partial charge in [0.1, 0.15) is 23.2 Å². The largest absolute Gasteiger partial charge is 0.484 e. The van der Waals surface area contributed by atoms with E-state index in [1.165, 1.54) is 42.3 Å². The quantitative estimate of drug-likeness (QED) is 0.0631. The molecule has 3 unspecified atom stereocenters. The van der Waals surface area contributed by atoms with Crippen LogP contribution in [0.5, 0.6) is 5.75 Å². The van der Waals surface area contributed by atoms with Gasteiger partial charge in [-0.2, -0.15) is 0 Å². The second-order valence-electron chi connectivity index (χ2n) is 12.3. The summed E-state index contributed by atoms with van der Waals surface area (Å²) in [7, 11) is 0. The molecule has 2 saturated heterocycles. The molecule has 3 rings (SSSR count). The average molecular weight is 669 g/mol. The highest BCUT2D eigenvalue weighted by atomic mass is 32.2. The zero-order valence-electron chi connectivity index (χ0n) is 28.2. The van der Waals surface area contributed by atoms with Crippen molar-refractivity contribution < 1.29 is 33.4 Å². The number of hydrogen-bond acceptors (Lipinski definition) is 8. The molecule has 0 aliphatic carbocycles. The van der Waals surface area contributed by atoms with Gasteiger partial charge in [0.2, 0.25) is 5.91 Å². The molecule has 2 amide bonds. The van der Waals surface area contributed by atoms with E-state index in [1.54, 1.807) is 12.1 Å². The van der Waals surface area contributed by atoms with Crippen molar-refractivity contribution in [2.24, 2.45) is 0 Å². The Morgan fingerprint density at radius 3 is 2.19 bits per heavy atom. The van der Waals surface area contributed by atoms with E-state index in [1.807, 2.05) is 32.0 Å². The van der Waals surface area contributed by atoms with Gasteiger partial charge in [-0.25, -0.2) is 4.79 Å². The number of nitrogens with zero attached hydrogens (tertiary/aromatic N) is 1. The van der Waals surface area contributed by atoms with Gasteiger partial charge in [0.05, 0.1) is 13.2 Å². The van der Waals surface area contributed by atoms with Gasteiger partial charge in [-0.05, 0) is 70.9 Å². The summed E-state index contributed by atoms with van der Waals surface area (Å²) >= 11 is 1.46. The minimum Gasteiger partial charge on any atom is -0.484 e. The lowest BCUT2D eigenvalue weighted by Crippen LogP contribution is -2.71. The molecule has 3 atom stereocenters. The normalized spacial score (nSPS) is 20.0. The van der Waals surface area contributed by atoms with E-state index in [-0.39, 0.29) is 37.1 Å². The summed E-state index contributed by atoms with van der Waals surface area (Å²) < 4.78 is 15.6. The zero-order chi connectivity index (χ0) is 33.9. The fourth-order valence-corrected chi connectivity index (χ4v) is 7.02. The molecule has 0 radical (unpaired) electrons. The number of para-hydroxylation sites is 1. The third-order valence-corrected chi connectivity index (χ3v) is 9.48. The van der Waals surface area contributed by atoms with E-state index in [2.05, 4.69) is 48.7 Å². The molecule has 47 heavy (non-hydrogen) atoms. The molecule has 2 heterocycles. The molecule has 0 bridgehead atoms. The molecular formula is C37H52N2O7S. The molecule has 0 saturated carbocycles. The maximum absolute atomic E-state index is 13.0. The molecule has 1 aromatic carbocycles. The second kappa shape index (κ2) is 20.7. The zero-order valence-corrected chi connectivity index (χ0v) is 29.0. The van der Waals surface area contributed by atoms with Crippen LogP contribution in [0.4, 0.5) is 0 Å². The molecular weight excluding hydrogens is 616 g/mol. The standard InChI is InChI=1S/C37H52N2O7S/c1-4-5-6-7-8-9-10-11-12-13-14-15-16-17-21-25-31(41)44-26-22-27-45-36(43)33-37(2,3)47-35-32(34(42)39(33)35)38-30(40)28-46-29-23-19-18-20-24-29/h8-9,11-12,14-15,18-20,23-24,32-33,35H,4-7,10,13,16-17,21-22,25-28H2,1-3H3,(H,38,40)/b9-8-,12-11-,15-14-. The first kappa shape index (κ1) is 37.9. The first-order valence-electron chi connectivity index (χ1n) is 17.0. The Bertz CT molecular complexity index is 1230. The summed E-state index contributed by atoms with van der Waals surface area (Å²) in [6, 6.07) is 7.46. The van der Waals surface area contributed by atoms with Gasteiger partial charge in [0.15, 0.2) is 6.61 Å². The van der Waals surface area contributed by atoms with Gasteiger partial charge in [-0.1, -0.05) is 74.4 Å². The second-order valence-corrected chi connectivity index (χ2v) is 14.0. The number of thioether (sulfide) groups is 1. The Morgan fingerprint density at radius 2 is 1.51 bits per heavy atom. The number of β-lactam (4-membered cyclic amide) rings is 1. The van der Waals surface area contributed by atoms with Crippen LogP contribution in [0.15, 0.2) is 66.8 Å². The summed E-state index contributed by atoms with van der Waals surface area (Å²) in [6.45, 7) is 6.03. The molecule has 258 valence electrons. The minimum absolute atomic E-state index is 0.0849. The average Bonchev–Trinajstić information content (AvgIpc) is 3.32. The van der Waals surface area contributed by atoms with Crippen LogP contribution >= 0.6 is 11.8 Å². The van der Waals surface area contributed by atoms with E-state index >= 15 is 0 Å². The fraction of sp³-hybridized carbons (Fsp3) is 0.568. The van der Waals surface area contributed by atoms with Gasteiger partial charge in [-0.3, -0.25) is 14.4 Å². The highest BCUT2D eigenvalue weighted by Gasteiger charge is 2.64. The highest BCUT2D eigenvalue weighted by molar-refractivity contribution is 8.01. The van der Waals surface area contributed by atoms with E-state index in [4.69, 9.17) is 14.2 Å². The topological polar surface area (TPSA) is 111 Å².